The first-order valence-electron chi connectivity index (χ1n) is 11.8. The van der Waals surface area contributed by atoms with Crippen LogP contribution in [0.15, 0.2) is 29.6 Å². The van der Waals surface area contributed by atoms with Crippen LogP contribution in [0.1, 0.15) is 64.2 Å². The molecular weight excluding hydrogens is 455 g/mol. The molecule has 0 saturated carbocycles. The molecule has 5 rings (SSSR count). The van der Waals surface area contributed by atoms with Gasteiger partial charge < -0.3 is 9.80 Å². The molecule has 1 amide bonds. The molecule has 0 radical (unpaired) electrons. The van der Waals surface area contributed by atoms with E-state index in [-0.39, 0.29) is 17.5 Å². The van der Waals surface area contributed by atoms with Crippen molar-refractivity contribution in [2.45, 2.75) is 51.5 Å². The number of halogens is 1. The summed E-state index contributed by atoms with van der Waals surface area (Å²) in [6.07, 6.45) is 4.54. The Morgan fingerprint density at radius 3 is 2.76 bits per heavy atom. The Morgan fingerprint density at radius 2 is 1.97 bits per heavy atom. The van der Waals surface area contributed by atoms with Gasteiger partial charge in [0.2, 0.25) is 5.91 Å². The van der Waals surface area contributed by atoms with E-state index in [0.29, 0.717) is 18.9 Å². The lowest BCUT2D eigenvalue weighted by Gasteiger charge is -2.32. The van der Waals surface area contributed by atoms with Gasteiger partial charge in [-0.1, -0.05) is 6.07 Å². The highest BCUT2D eigenvalue weighted by atomic mass is 32.1. The Labute approximate surface area is 202 Å². The minimum atomic E-state index is -0.166. The van der Waals surface area contributed by atoms with Crippen molar-refractivity contribution in [3.05, 3.63) is 56.3 Å². The van der Waals surface area contributed by atoms with Crippen molar-refractivity contribution in [2.24, 2.45) is 0 Å². The number of piperidine rings is 1. The Bertz CT molecular complexity index is 1180. The fourth-order valence-electron chi connectivity index (χ4n) is 5.12. The highest BCUT2D eigenvalue weighted by Gasteiger charge is 2.24. The zero-order valence-electron chi connectivity index (χ0n) is 18.9. The molecule has 1 saturated heterocycles. The standard InChI is InChI=1S/C26H29FN2O2S2/c1-17(30)29-12-8-19-13-25(33-26(19)15-29)23(31)3-2-9-28-10-6-18(7-11-28)22-16-32-24-14-20(27)4-5-21(22)24/h4-5,13-14,16,18H,2-3,6-12,15H2,1H3. The van der Waals surface area contributed by atoms with Crippen LogP contribution in [0.4, 0.5) is 4.39 Å². The molecule has 33 heavy (non-hydrogen) atoms. The van der Waals surface area contributed by atoms with Crippen molar-refractivity contribution in [2.75, 3.05) is 26.2 Å². The van der Waals surface area contributed by atoms with E-state index in [9.17, 15) is 14.0 Å². The number of carbonyl (C=O) groups is 2. The number of thiophene rings is 2. The number of hydrogen-bond acceptors (Lipinski definition) is 5. The summed E-state index contributed by atoms with van der Waals surface area (Å²) in [7, 11) is 0. The Hall–Kier alpha value is -2.09. The number of carbonyl (C=O) groups excluding carboxylic acids is 2. The molecule has 2 aromatic heterocycles. The minimum absolute atomic E-state index is 0.103. The van der Waals surface area contributed by atoms with E-state index < -0.39 is 0 Å². The molecule has 2 aliphatic heterocycles. The summed E-state index contributed by atoms with van der Waals surface area (Å²) in [6, 6.07) is 7.18. The fraction of sp³-hybridized carbons (Fsp3) is 0.462. The second-order valence-corrected chi connectivity index (χ2v) is 11.3. The quantitative estimate of drug-likeness (QED) is 0.412. The van der Waals surface area contributed by atoms with Gasteiger partial charge in [0.05, 0.1) is 11.4 Å². The summed E-state index contributed by atoms with van der Waals surface area (Å²) >= 11 is 3.21. The SMILES string of the molecule is CC(=O)N1CCc2cc(C(=O)CCCN3CCC(c4csc5cc(F)ccc45)CC3)sc2C1. The number of amides is 1. The largest absolute Gasteiger partial charge is 0.337 e. The number of ketones is 1. The van der Waals surface area contributed by atoms with Crippen LogP contribution in [0.25, 0.3) is 10.1 Å². The molecule has 7 heteroatoms. The second kappa shape index (κ2) is 9.65. The van der Waals surface area contributed by atoms with Crippen molar-refractivity contribution in [1.29, 1.82) is 0 Å². The monoisotopic (exact) mass is 484 g/mol. The van der Waals surface area contributed by atoms with Crippen molar-refractivity contribution in [3.8, 4) is 0 Å². The van der Waals surface area contributed by atoms with Crippen LogP contribution in [0.3, 0.4) is 0 Å². The van der Waals surface area contributed by atoms with Crippen LogP contribution in [-0.2, 0) is 17.8 Å². The zero-order chi connectivity index (χ0) is 22.9. The molecule has 0 spiro atoms. The molecule has 0 unspecified atom stereocenters. The smallest absolute Gasteiger partial charge is 0.219 e. The molecule has 1 fully saturated rings. The number of fused-ring (bicyclic) bond motifs is 2. The van der Waals surface area contributed by atoms with E-state index in [1.54, 1.807) is 41.7 Å². The van der Waals surface area contributed by atoms with Gasteiger partial charge >= 0.3 is 0 Å². The lowest BCUT2D eigenvalue weighted by Crippen LogP contribution is -2.33. The predicted octanol–water partition coefficient (Wildman–Crippen LogP) is 5.85. The molecule has 1 aromatic carbocycles. The van der Waals surface area contributed by atoms with E-state index in [0.717, 1.165) is 61.4 Å². The van der Waals surface area contributed by atoms with Gasteiger partial charge in [-0.2, -0.15) is 0 Å². The summed E-state index contributed by atoms with van der Waals surface area (Å²) in [5.74, 6) is 0.706. The van der Waals surface area contributed by atoms with Gasteiger partial charge in [-0.05, 0) is 91.3 Å². The Morgan fingerprint density at radius 1 is 1.15 bits per heavy atom. The third-order valence-electron chi connectivity index (χ3n) is 7.08. The third-order valence-corrected chi connectivity index (χ3v) is 9.24. The number of benzene rings is 1. The van der Waals surface area contributed by atoms with Crippen LogP contribution in [0.5, 0.6) is 0 Å². The van der Waals surface area contributed by atoms with E-state index in [1.165, 1.54) is 21.4 Å². The van der Waals surface area contributed by atoms with Crippen molar-refractivity contribution < 1.29 is 14.0 Å². The Balaban J connectivity index is 1.09. The maximum absolute atomic E-state index is 13.5. The van der Waals surface area contributed by atoms with E-state index in [1.807, 2.05) is 11.0 Å². The molecular formula is C26H29FN2O2S2. The summed E-state index contributed by atoms with van der Waals surface area (Å²) in [4.78, 5) is 30.8. The first-order chi connectivity index (χ1) is 16.0. The van der Waals surface area contributed by atoms with E-state index in [4.69, 9.17) is 0 Å². The molecule has 0 atom stereocenters. The highest BCUT2D eigenvalue weighted by molar-refractivity contribution is 7.17. The lowest BCUT2D eigenvalue weighted by atomic mass is 9.89. The summed E-state index contributed by atoms with van der Waals surface area (Å²) in [5, 5.41) is 3.41. The fourth-order valence-corrected chi connectivity index (χ4v) is 7.38. The van der Waals surface area contributed by atoms with Crippen LogP contribution in [-0.4, -0.2) is 47.7 Å². The number of hydrogen-bond donors (Lipinski definition) is 0. The van der Waals surface area contributed by atoms with Gasteiger partial charge in [-0.3, -0.25) is 9.59 Å². The normalized spacial score (nSPS) is 17.5. The second-order valence-electron chi connectivity index (χ2n) is 9.22. The first kappa shape index (κ1) is 22.7. The van der Waals surface area contributed by atoms with Crippen LogP contribution < -0.4 is 0 Å². The summed E-state index contributed by atoms with van der Waals surface area (Å²) < 4.78 is 14.5. The predicted molar refractivity (Wildman–Crippen MR) is 133 cm³/mol. The van der Waals surface area contributed by atoms with Gasteiger partial charge in [0.15, 0.2) is 5.78 Å². The highest BCUT2D eigenvalue weighted by Crippen LogP contribution is 2.37. The zero-order valence-corrected chi connectivity index (χ0v) is 20.6. The van der Waals surface area contributed by atoms with E-state index >= 15 is 0 Å². The average Bonchev–Trinajstić information content (AvgIpc) is 3.43. The molecule has 4 heterocycles. The number of nitrogens with zero attached hydrogens (tertiary/aromatic N) is 2. The average molecular weight is 485 g/mol. The third kappa shape index (κ3) is 4.91. The molecule has 174 valence electrons. The molecule has 3 aromatic rings. The van der Waals surface area contributed by atoms with Gasteiger partial charge in [0, 0.05) is 29.5 Å². The van der Waals surface area contributed by atoms with E-state index in [2.05, 4.69) is 16.3 Å². The van der Waals surface area contributed by atoms with Gasteiger partial charge in [-0.25, -0.2) is 4.39 Å². The summed E-state index contributed by atoms with van der Waals surface area (Å²) in [6.45, 7) is 6.05. The van der Waals surface area contributed by atoms with Crippen molar-refractivity contribution in [1.82, 2.24) is 9.80 Å². The lowest BCUT2D eigenvalue weighted by molar-refractivity contribution is -0.129. The number of Topliss-reactive ketones (excluding diaryl/α,β-unsaturated/α-hetero) is 1. The van der Waals surface area contributed by atoms with Gasteiger partial charge in [0.1, 0.15) is 5.82 Å². The van der Waals surface area contributed by atoms with Crippen LogP contribution in [0, 0.1) is 5.82 Å². The van der Waals surface area contributed by atoms with Crippen LogP contribution >= 0.6 is 22.7 Å². The molecule has 4 nitrogen and oxygen atoms in total. The molecule has 0 bridgehead atoms. The van der Waals surface area contributed by atoms with Crippen molar-refractivity contribution in [3.63, 3.8) is 0 Å². The molecule has 0 aliphatic carbocycles. The van der Waals surface area contributed by atoms with Gasteiger partial charge in [0.25, 0.3) is 0 Å². The first-order valence-corrected chi connectivity index (χ1v) is 13.5. The Kier molecular flexibility index (Phi) is 6.63. The number of likely N-dealkylation sites (tertiary alicyclic amines) is 1. The van der Waals surface area contributed by atoms with Crippen molar-refractivity contribution >= 4 is 44.5 Å². The summed E-state index contributed by atoms with van der Waals surface area (Å²) in [5.41, 5.74) is 2.61. The topological polar surface area (TPSA) is 40.6 Å². The van der Waals surface area contributed by atoms with Gasteiger partial charge in [-0.15, -0.1) is 22.7 Å². The molecule has 2 aliphatic rings. The maximum atomic E-state index is 13.5. The maximum Gasteiger partial charge on any atom is 0.219 e. The van der Waals surface area contributed by atoms with Crippen LogP contribution in [0.2, 0.25) is 0 Å². The minimum Gasteiger partial charge on any atom is -0.337 e. The number of rotatable bonds is 6. The molecule has 0 N–H and O–H groups in total.